The summed E-state index contributed by atoms with van der Waals surface area (Å²) in [5.41, 5.74) is 0. The Hall–Kier alpha value is -0.160. The van der Waals surface area contributed by atoms with E-state index in [1.54, 1.807) is 7.11 Å². The Morgan fingerprint density at radius 3 is 2.50 bits per heavy atom. The first-order valence-electron chi connectivity index (χ1n) is 7.33. The summed E-state index contributed by atoms with van der Waals surface area (Å²) in [6, 6.07) is 2.43. The highest BCUT2D eigenvalue weighted by atomic mass is 16.5. The maximum atomic E-state index is 5.09. The topological polar surface area (TPSA) is 27.7 Å². The molecule has 2 saturated heterocycles. The van der Waals surface area contributed by atoms with Crippen molar-refractivity contribution in [3.8, 4) is 0 Å². The number of methoxy groups -OCH3 is 1. The van der Waals surface area contributed by atoms with Crippen molar-refractivity contribution in [2.45, 2.75) is 43.8 Å². The molecule has 0 amide bonds. The Kier molecular flexibility index (Phi) is 5.42. The van der Waals surface area contributed by atoms with Crippen LogP contribution in [0.3, 0.4) is 0 Å². The lowest BCUT2D eigenvalue weighted by Gasteiger charge is -2.37. The van der Waals surface area contributed by atoms with Crippen LogP contribution in [-0.4, -0.2) is 75.4 Å². The van der Waals surface area contributed by atoms with E-state index >= 15 is 0 Å². The fraction of sp³-hybridized carbons (Fsp3) is 1.00. The summed E-state index contributed by atoms with van der Waals surface area (Å²) < 4.78 is 5.09. The van der Waals surface area contributed by atoms with Gasteiger partial charge in [0.1, 0.15) is 0 Å². The molecule has 0 spiro atoms. The maximum absolute atomic E-state index is 5.09. The Balaban J connectivity index is 1.60. The van der Waals surface area contributed by atoms with Gasteiger partial charge in [-0.3, -0.25) is 0 Å². The van der Waals surface area contributed by atoms with Gasteiger partial charge in [0.25, 0.3) is 0 Å². The van der Waals surface area contributed by atoms with Crippen molar-refractivity contribution in [3.05, 3.63) is 0 Å². The predicted molar refractivity (Wildman–Crippen MR) is 75.0 cm³/mol. The molecule has 2 unspecified atom stereocenters. The number of likely N-dealkylation sites (N-methyl/N-ethyl adjacent to an activating group) is 1. The second kappa shape index (κ2) is 6.85. The molecule has 2 aliphatic heterocycles. The molecule has 4 heteroatoms. The van der Waals surface area contributed by atoms with Crippen LogP contribution in [0.5, 0.6) is 0 Å². The summed E-state index contributed by atoms with van der Waals surface area (Å²) in [4.78, 5) is 4.93. The zero-order chi connectivity index (χ0) is 13.0. The minimum Gasteiger partial charge on any atom is -0.383 e. The molecule has 2 bridgehead atoms. The second-order valence-electron chi connectivity index (χ2n) is 5.97. The maximum Gasteiger partial charge on any atom is 0.0589 e. The summed E-state index contributed by atoms with van der Waals surface area (Å²) in [5.74, 6) is 0. The summed E-state index contributed by atoms with van der Waals surface area (Å²) >= 11 is 0. The highest BCUT2D eigenvalue weighted by Gasteiger charge is 2.37. The summed E-state index contributed by atoms with van der Waals surface area (Å²) in [6.07, 6.45) is 5.50. The van der Waals surface area contributed by atoms with E-state index in [4.69, 9.17) is 4.74 Å². The highest BCUT2D eigenvalue weighted by Crippen LogP contribution is 2.33. The van der Waals surface area contributed by atoms with Crippen LogP contribution in [0.2, 0.25) is 0 Å². The van der Waals surface area contributed by atoms with Gasteiger partial charge in [-0.25, -0.2) is 0 Å². The Labute approximate surface area is 112 Å². The predicted octanol–water partition coefficient (Wildman–Crippen LogP) is 0.779. The van der Waals surface area contributed by atoms with Gasteiger partial charge >= 0.3 is 0 Å². The van der Waals surface area contributed by atoms with Crippen molar-refractivity contribution in [3.63, 3.8) is 0 Å². The van der Waals surface area contributed by atoms with Crippen LogP contribution < -0.4 is 5.32 Å². The summed E-state index contributed by atoms with van der Waals surface area (Å²) in [7, 11) is 6.23. The average Bonchev–Trinajstić information content (AvgIpc) is 2.59. The minimum atomic E-state index is 0.745. The molecule has 106 valence electrons. The molecule has 2 fully saturated rings. The van der Waals surface area contributed by atoms with Crippen LogP contribution in [0, 0.1) is 0 Å². The van der Waals surface area contributed by atoms with E-state index in [0.717, 1.165) is 44.4 Å². The van der Waals surface area contributed by atoms with Gasteiger partial charge in [0.15, 0.2) is 0 Å². The van der Waals surface area contributed by atoms with Crippen LogP contribution in [0.15, 0.2) is 0 Å². The molecule has 2 rings (SSSR count). The molecule has 2 atom stereocenters. The Bertz CT molecular complexity index is 235. The van der Waals surface area contributed by atoms with Gasteiger partial charge in [0.05, 0.1) is 6.61 Å². The molecule has 0 aliphatic carbocycles. The molecule has 2 aliphatic rings. The van der Waals surface area contributed by atoms with Crippen molar-refractivity contribution < 1.29 is 4.74 Å². The molecule has 2 heterocycles. The minimum absolute atomic E-state index is 0.745. The van der Waals surface area contributed by atoms with Crippen molar-refractivity contribution in [2.24, 2.45) is 0 Å². The van der Waals surface area contributed by atoms with Gasteiger partial charge in [-0.1, -0.05) is 0 Å². The molecular formula is C14H29N3O. The monoisotopic (exact) mass is 255 g/mol. The third-order valence-electron chi connectivity index (χ3n) is 4.70. The van der Waals surface area contributed by atoms with E-state index in [1.807, 2.05) is 0 Å². The van der Waals surface area contributed by atoms with Crippen molar-refractivity contribution in [2.75, 3.05) is 47.4 Å². The lowest BCUT2D eigenvalue weighted by molar-refractivity contribution is 0.142. The molecule has 1 N–H and O–H groups in total. The number of ether oxygens (including phenoxy) is 1. The summed E-state index contributed by atoms with van der Waals surface area (Å²) in [6.45, 7) is 4.07. The van der Waals surface area contributed by atoms with Gasteiger partial charge in [-0.05, 0) is 39.8 Å². The molecule has 0 saturated carbocycles. The first kappa shape index (κ1) is 14.3. The number of nitrogens with zero attached hydrogens (tertiary/aromatic N) is 2. The van der Waals surface area contributed by atoms with Gasteiger partial charge in [-0.15, -0.1) is 0 Å². The van der Waals surface area contributed by atoms with E-state index in [9.17, 15) is 0 Å². The van der Waals surface area contributed by atoms with Crippen molar-refractivity contribution in [1.82, 2.24) is 15.1 Å². The normalized spacial score (nSPS) is 32.3. The molecule has 0 radical (unpaired) electrons. The zero-order valence-electron chi connectivity index (χ0n) is 12.2. The first-order valence-corrected chi connectivity index (χ1v) is 7.33. The van der Waals surface area contributed by atoms with Crippen LogP contribution in [0.1, 0.15) is 25.7 Å². The van der Waals surface area contributed by atoms with E-state index in [-0.39, 0.29) is 0 Å². The Morgan fingerprint density at radius 2 is 1.89 bits per heavy atom. The number of rotatable bonds is 7. The third-order valence-corrected chi connectivity index (χ3v) is 4.70. The molecular weight excluding hydrogens is 226 g/mol. The SMILES string of the molecule is COCCN(C)CCNC1CC2CCC(C1)N2C. The fourth-order valence-electron chi connectivity index (χ4n) is 3.40. The zero-order valence-corrected chi connectivity index (χ0v) is 12.2. The second-order valence-corrected chi connectivity index (χ2v) is 5.97. The van der Waals surface area contributed by atoms with Gasteiger partial charge in [0, 0.05) is 44.9 Å². The van der Waals surface area contributed by atoms with Crippen LogP contribution >= 0.6 is 0 Å². The lowest BCUT2D eigenvalue weighted by Crippen LogP contribution is -2.48. The largest absolute Gasteiger partial charge is 0.383 e. The van der Waals surface area contributed by atoms with Gasteiger partial charge < -0.3 is 19.9 Å². The van der Waals surface area contributed by atoms with Crippen LogP contribution in [0.25, 0.3) is 0 Å². The number of nitrogens with one attached hydrogen (secondary N) is 1. The standard InChI is InChI=1S/C14H29N3O/c1-16(8-9-18-3)7-6-15-12-10-13-4-5-14(11-12)17(13)2/h12-15H,4-11H2,1-3H3. The van der Waals surface area contributed by atoms with Gasteiger partial charge in [-0.2, -0.15) is 0 Å². The van der Waals surface area contributed by atoms with E-state index < -0.39 is 0 Å². The van der Waals surface area contributed by atoms with E-state index in [2.05, 4.69) is 29.2 Å². The van der Waals surface area contributed by atoms with Crippen LogP contribution in [0.4, 0.5) is 0 Å². The smallest absolute Gasteiger partial charge is 0.0589 e. The third kappa shape index (κ3) is 3.67. The van der Waals surface area contributed by atoms with Gasteiger partial charge in [0.2, 0.25) is 0 Å². The molecule has 0 aromatic heterocycles. The van der Waals surface area contributed by atoms with Crippen LogP contribution in [-0.2, 0) is 4.74 Å². The van der Waals surface area contributed by atoms with E-state index in [1.165, 1.54) is 25.7 Å². The fourth-order valence-corrected chi connectivity index (χ4v) is 3.40. The number of hydrogen-bond donors (Lipinski definition) is 1. The molecule has 0 aromatic rings. The molecule has 0 aromatic carbocycles. The highest BCUT2D eigenvalue weighted by molar-refractivity contribution is 4.95. The molecule has 4 nitrogen and oxygen atoms in total. The Morgan fingerprint density at radius 1 is 1.22 bits per heavy atom. The number of fused-ring (bicyclic) bond motifs is 2. The van der Waals surface area contributed by atoms with Crippen molar-refractivity contribution >= 4 is 0 Å². The average molecular weight is 255 g/mol. The number of piperidine rings is 1. The quantitative estimate of drug-likeness (QED) is 0.727. The van der Waals surface area contributed by atoms with Crippen molar-refractivity contribution in [1.29, 1.82) is 0 Å². The first-order chi connectivity index (χ1) is 8.70. The summed E-state index contributed by atoms with van der Waals surface area (Å²) in [5, 5.41) is 3.74. The molecule has 18 heavy (non-hydrogen) atoms. The lowest BCUT2D eigenvalue weighted by atomic mass is 9.98. The van der Waals surface area contributed by atoms with E-state index in [0.29, 0.717) is 0 Å². The number of hydrogen-bond acceptors (Lipinski definition) is 4.